The number of hydrogen-bond acceptors (Lipinski definition) is 4. The van der Waals surface area contributed by atoms with Crippen molar-refractivity contribution < 1.29 is 9.53 Å². The zero-order valence-electron chi connectivity index (χ0n) is 13.7. The summed E-state index contributed by atoms with van der Waals surface area (Å²) in [7, 11) is 0. The average molecular weight is 404 g/mol. The number of rotatable bonds is 7. The minimum Gasteiger partial charge on any atom is -0.471 e. The van der Waals surface area contributed by atoms with Crippen LogP contribution in [0.4, 0.5) is 0 Å². The number of hydrogen-bond donors (Lipinski definition) is 1. The molecule has 0 aliphatic rings. The van der Waals surface area contributed by atoms with Crippen LogP contribution in [0, 0.1) is 0 Å². The number of carbonyl (C=O) groups excluding carboxylic acids is 1. The average Bonchev–Trinajstić information content (AvgIpc) is 3.25. The highest BCUT2D eigenvalue weighted by Gasteiger charge is 2.13. The molecule has 1 amide bonds. The van der Waals surface area contributed by atoms with Crippen molar-refractivity contribution in [2.45, 2.75) is 26.7 Å². The van der Waals surface area contributed by atoms with Crippen molar-refractivity contribution >= 4 is 21.8 Å². The van der Waals surface area contributed by atoms with E-state index < -0.39 is 0 Å². The van der Waals surface area contributed by atoms with Crippen LogP contribution in [0.25, 0.3) is 0 Å². The molecule has 3 aromatic rings. The van der Waals surface area contributed by atoms with Gasteiger partial charge in [-0.3, -0.25) is 9.48 Å². The summed E-state index contributed by atoms with van der Waals surface area (Å²) in [6, 6.07) is 11.1. The summed E-state index contributed by atoms with van der Waals surface area (Å²) in [5.41, 5.74) is 1.26. The van der Waals surface area contributed by atoms with E-state index in [9.17, 15) is 4.79 Å². The maximum Gasteiger partial charge on any atom is 0.272 e. The Balaban J connectivity index is 1.56. The van der Waals surface area contributed by atoms with Gasteiger partial charge in [-0.2, -0.15) is 10.2 Å². The van der Waals surface area contributed by atoms with Crippen molar-refractivity contribution in [3.63, 3.8) is 0 Å². The number of aromatic nitrogens is 4. The second-order valence-corrected chi connectivity index (χ2v) is 6.12. The SMILES string of the molecule is CCn1ncc(Br)c1CNC(=O)c1ccn(COc2ccccc2)n1. The lowest BCUT2D eigenvalue weighted by molar-refractivity contribution is 0.0942. The van der Waals surface area contributed by atoms with E-state index in [0.29, 0.717) is 12.2 Å². The van der Waals surface area contributed by atoms with Crippen LogP contribution in [-0.4, -0.2) is 25.5 Å². The highest BCUT2D eigenvalue weighted by atomic mass is 79.9. The van der Waals surface area contributed by atoms with Crippen molar-refractivity contribution in [3.05, 3.63) is 64.7 Å². The third kappa shape index (κ3) is 4.27. The topological polar surface area (TPSA) is 74.0 Å². The van der Waals surface area contributed by atoms with E-state index in [-0.39, 0.29) is 12.6 Å². The predicted molar refractivity (Wildman–Crippen MR) is 96.1 cm³/mol. The van der Waals surface area contributed by atoms with Gasteiger partial charge in [0.25, 0.3) is 5.91 Å². The Morgan fingerprint density at radius 2 is 2.08 bits per heavy atom. The van der Waals surface area contributed by atoms with Crippen LogP contribution in [-0.2, 0) is 19.8 Å². The van der Waals surface area contributed by atoms with E-state index in [0.717, 1.165) is 22.5 Å². The first kappa shape index (κ1) is 17.2. The first-order valence-electron chi connectivity index (χ1n) is 7.87. The number of halogens is 1. The highest BCUT2D eigenvalue weighted by Crippen LogP contribution is 2.15. The summed E-state index contributed by atoms with van der Waals surface area (Å²) in [6.45, 7) is 3.35. The maximum atomic E-state index is 12.3. The quantitative estimate of drug-likeness (QED) is 0.657. The molecule has 0 saturated carbocycles. The van der Waals surface area contributed by atoms with Crippen molar-refractivity contribution in [2.75, 3.05) is 0 Å². The Labute approximate surface area is 153 Å². The first-order chi connectivity index (χ1) is 12.2. The van der Waals surface area contributed by atoms with Gasteiger partial charge in [0.15, 0.2) is 6.73 Å². The number of nitrogens with zero attached hydrogens (tertiary/aromatic N) is 4. The molecule has 2 aromatic heterocycles. The summed E-state index contributed by atoms with van der Waals surface area (Å²) in [4.78, 5) is 12.3. The molecule has 0 spiro atoms. The third-order valence-electron chi connectivity index (χ3n) is 3.59. The number of ether oxygens (including phenoxy) is 1. The van der Waals surface area contributed by atoms with Crippen LogP contribution in [0.1, 0.15) is 23.1 Å². The molecule has 7 nitrogen and oxygen atoms in total. The summed E-state index contributed by atoms with van der Waals surface area (Å²) < 4.78 is 9.88. The van der Waals surface area contributed by atoms with E-state index in [1.165, 1.54) is 0 Å². The summed E-state index contributed by atoms with van der Waals surface area (Å²) in [5, 5.41) is 11.3. The Hall–Kier alpha value is -2.61. The Morgan fingerprint density at radius 1 is 1.28 bits per heavy atom. The molecule has 3 rings (SSSR count). The maximum absolute atomic E-state index is 12.3. The van der Waals surface area contributed by atoms with Crippen LogP contribution >= 0.6 is 15.9 Å². The van der Waals surface area contributed by atoms with Gasteiger partial charge in [0.2, 0.25) is 0 Å². The van der Waals surface area contributed by atoms with Gasteiger partial charge in [-0.25, -0.2) is 4.68 Å². The zero-order chi connectivity index (χ0) is 17.6. The van der Waals surface area contributed by atoms with Crippen LogP contribution in [0.15, 0.2) is 53.3 Å². The summed E-state index contributed by atoms with van der Waals surface area (Å²) in [5.74, 6) is 0.510. The number of benzene rings is 1. The van der Waals surface area contributed by atoms with Crippen LogP contribution in [0.2, 0.25) is 0 Å². The van der Waals surface area contributed by atoms with Gasteiger partial charge < -0.3 is 10.1 Å². The molecule has 0 saturated heterocycles. The van der Waals surface area contributed by atoms with E-state index in [4.69, 9.17) is 4.74 Å². The molecular weight excluding hydrogens is 386 g/mol. The van der Waals surface area contributed by atoms with Gasteiger partial charge in [-0.15, -0.1) is 0 Å². The lowest BCUT2D eigenvalue weighted by Gasteiger charge is -2.07. The minimum atomic E-state index is -0.241. The standard InChI is InChI=1S/C17H18BrN5O2/c1-2-23-16(14(18)10-20-23)11-19-17(24)15-8-9-22(21-15)12-25-13-6-4-3-5-7-13/h3-10H,2,11-12H2,1H3,(H,19,24). The fourth-order valence-electron chi connectivity index (χ4n) is 2.30. The highest BCUT2D eigenvalue weighted by molar-refractivity contribution is 9.10. The molecule has 0 fully saturated rings. The number of aryl methyl sites for hydroxylation is 1. The number of nitrogens with one attached hydrogen (secondary N) is 1. The molecule has 25 heavy (non-hydrogen) atoms. The van der Waals surface area contributed by atoms with E-state index >= 15 is 0 Å². The van der Waals surface area contributed by atoms with Gasteiger partial charge in [-0.05, 0) is 41.1 Å². The van der Waals surface area contributed by atoms with E-state index in [1.54, 1.807) is 23.1 Å². The molecule has 1 N–H and O–H groups in total. The second kappa shape index (κ2) is 7.98. The number of para-hydroxylation sites is 1. The molecule has 8 heteroatoms. The Bertz CT molecular complexity index is 844. The lowest BCUT2D eigenvalue weighted by Crippen LogP contribution is -2.25. The first-order valence-corrected chi connectivity index (χ1v) is 8.66. The molecule has 0 unspecified atom stereocenters. The number of amides is 1. The molecule has 0 aliphatic heterocycles. The van der Waals surface area contributed by atoms with Crippen molar-refractivity contribution in [2.24, 2.45) is 0 Å². The van der Waals surface area contributed by atoms with E-state index in [1.807, 2.05) is 41.9 Å². The monoisotopic (exact) mass is 403 g/mol. The fraction of sp³-hybridized carbons (Fsp3) is 0.235. The molecule has 0 bridgehead atoms. The van der Waals surface area contributed by atoms with Crippen molar-refractivity contribution in [3.8, 4) is 5.75 Å². The molecule has 1 aromatic carbocycles. The van der Waals surface area contributed by atoms with Crippen molar-refractivity contribution in [1.82, 2.24) is 24.9 Å². The number of carbonyl (C=O) groups is 1. The van der Waals surface area contributed by atoms with Gasteiger partial charge in [-0.1, -0.05) is 18.2 Å². The molecular formula is C17H18BrN5O2. The van der Waals surface area contributed by atoms with Crippen molar-refractivity contribution in [1.29, 1.82) is 0 Å². The fourth-order valence-corrected chi connectivity index (χ4v) is 2.74. The molecule has 0 aliphatic carbocycles. The smallest absolute Gasteiger partial charge is 0.272 e. The van der Waals surface area contributed by atoms with Crippen LogP contribution in [0.3, 0.4) is 0 Å². The lowest BCUT2D eigenvalue weighted by atomic mass is 10.3. The van der Waals surface area contributed by atoms with E-state index in [2.05, 4.69) is 31.4 Å². The Morgan fingerprint density at radius 3 is 2.84 bits per heavy atom. The predicted octanol–water partition coefficient (Wildman–Crippen LogP) is 2.83. The molecule has 130 valence electrons. The molecule has 0 atom stereocenters. The molecule has 2 heterocycles. The normalized spacial score (nSPS) is 10.6. The van der Waals surface area contributed by atoms with Crippen LogP contribution < -0.4 is 10.1 Å². The summed E-state index contributed by atoms with van der Waals surface area (Å²) >= 11 is 3.44. The Kier molecular flexibility index (Phi) is 5.49. The molecule has 0 radical (unpaired) electrons. The van der Waals surface area contributed by atoms with Crippen LogP contribution in [0.5, 0.6) is 5.75 Å². The van der Waals surface area contributed by atoms with Gasteiger partial charge in [0.05, 0.1) is 22.9 Å². The summed E-state index contributed by atoms with van der Waals surface area (Å²) in [6.07, 6.45) is 3.44. The van der Waals surface area contributed by atoms with Gasteiger partial charge in [0.1, 0.15) is 11.4 Å². The zero-order valence-corrected chi connectivity index (χ0v) is 15.3. The largest absolute Gasteiger partial charge is 0.471 e. The van der Waals surface area contributed by atoms with Gasteiger partial charge in [0, 0.05) is 12.7 Å². The second-order valence-electron chi connectivity index (χ2n) is 5.26. The van der Waals surface area contributed by atoms with Gasteiger partial charge >= 0.3 is 0 Å². The third-order valence-corrected chi connectivity index (χ3v) is 4.26. The minimum absolute atomic E-state index is 0.241.